The Morgan fingerprint density at radius 2 is 1.68 bits per heavy atom. The molecule has 202 valence electrons. The summed E-state index contributed by atoms with van der Waals surface area (Å²) in [6.07, 6.45) is 6.59. The molecule has 1 N–H and O–H groups in total. The number of halogens is 1. The quantitative estimate of drug-likeness (QED) is 0.449. The van der Waals surface area contributed by atoms with E-state index in [0.29, 0.717) is 22.9 Å². The first kappa shape index (κ1) is 28.8. The number of hydrogen-bond donors (Lipinski definition) is 1. The Hall–Kier alpha value is -2.78. The van der Waals surface area contributed by atoms with Crippen molar-refractivity contribution in [3.8, 4) is 5.75 Å². The zero-order chi connectivity index (χ0) is 27.0. The van der Waals surface area contributed by atoms with Crippen LogP contribution in [-0.2, 0) is 26.2 Å². The third-order valence-electron chi connectivity index (χ3n) is 6.64. The Kier molecular flexibility index (Phi) is 10.2. The molecule has 1 atom stereocenters. The highest BCUT2D eigenvalue weighted by Crippen LogP contribution is 2.23. The van der Waals surface area contributed by atoms with Gasteiger partial charge in [0.1, 0.15) is 18.3 Å². The first-order chi connectivity index (χ1) is 17.6. The molecule has 1 aliphatic carbocycles. The van der Waals surface area contributed by atoms with Crippen molar-refractivity contribution in [1.82, 2.24) is 10.2 Å². The molecule has 1 saturated carbocycles. The van der Waals surface area contributed by atoms with Gasteiger partial charge >= 0.3 is 0 Å². The number of nitrogens with zero attached hydrogens (tertiary/aromatic N) is 2. The van der Waals surface area contributed by atoms with Crippen LogP contribution in [0.1, 0.15) is 51.0 Å². The molecule has 0 aliphatic heterocycles. The van der Waals surface area contributed by atoms with Crippen molar-refractivity contribution in [2.24, 2.45) is 0 Å². The highest BCUT2D eigenvalue weighted by molar-refractivity contribution is 7.92. The lowest BCUT2D eigenvalue weighted by molar-refractivity contribution is -0.140. The maximum Gasteiger partial charge on any atom is 0.244 e. The molecule has 10 heteroatoms. The van der Waals surface area contributed by atoms with E-state index in [2.05, 4.69) is 5.32 Å². The van der Waals surface area contributed by atoms with Crippen molar-refractivity contribution in [2.75, 3.05) is 24.2 Å². The number of nitrogens with one attached hydrogen (secondary N) is 1. The highest BCUT2D eigenvalue weighted by atomic mass is 35.5. The average Bonchev–Trinajstić information content (AvgIpc) is 2.88. The number of hydrogen-bond acceptors (Lipinski definition) is 5. The minimum Gasteiger partial charge on any atom is -0.497 e. The van der Waals surface area contributed by atoms with Gasteiger partial charge in [0.2, 0.25) is 21.8 Å². The van der Waals surface area contributed by atoms with E-state index in [9.17, 15) is 18.0 Å². The second-order valence-electron chi connectivity index (χ2n) is 9.38. The smallest absolute Gasteiger partial charge is 0.244 e. The molecule has 37 heavy (non-hydrogen) atoms. The van der Waals surface area contributed by atoms with E-state index in [-0.39, 0.29) is 18.5 Å². The van der Waals surface area contributed by atoms with Crippen molar-refractivity contribution >= 4 is 39.1 Å². The molecule has 0 spiro atoms. The Morgan fingerprint density at radius 1 is 1.05 bits per heavy atom. The van der Waals surface area contributed by atoms with Crippen LogP contribution in [0.15, 0.2) is 48.5 Å². The lowest BCUT2D eigenvalue weighted by atomic mass is 9.95. The van der Waals surface area contributed by atoms with Crippen LogP contribution < -0.4 is 14.4 Å². The van der Waals surface area contributed by atoms with Crippen LogP contribution in [0.5, 0.6) is 5.75 Å². The summed E-state index contributed by atoms with van der Waals surface area (Å²) < 4.78 is 31.6. The summed E-state index contributed by atoms with van der Waals surface area (Å²) in [5, 5.41) is 3.59. The summed E-state index contributed by atoms with van der Waals surface area (Å²) in [5.41, 5.74) is 1.12. The third-order valence-corrected chi connectivity index (χ3v) is 8.04. The molecule has 0 saturated heterocycles. The summed E-state index contributed by atoms with van der Waals surface area (Å²) >= 11 is 5.98. The first-order valence-corrected chi connectivity index (χ1v) is 14.8. The van der Waals surface area contributed by atoms with Crippen LogP contribution in [-0.4, -0.2) is 57.1 Å². The second-order valence-corrected chi connectivity index (χ2v) is 11.7. The van der Waals surface area contributed by atoms with Gasteiger partial charge in [-0.25, -0.2) is 8.42 Å². The third kappa shape index (κ3) is 8.10. The number of carbonyl (C=O) groups is 2. The van der Waals surface area contributed by atoms with E-state index in [0.717, 1.165) is 48.2 Å². The molecule has 2 amide bonds. The number of amides is 2. The molecule has 0 radical (unpaired) electrons. The Balaban J connectivity index is 1.90. The molecule has 0 heterocycles. The van der Waals surface area contributed by atoms with Crippen LogP contribution in [0.25, 0.3) is 0 Å². The number of benzene rings is 2. The predicted octanol–water partition coefficient (Wildman–Crippen LogP) is 4.37. The fraction of sp³-hybridized carbons (Fsp3) is 0.481. The minimum atomic E-state index is -3.79. The topological polar surface area (TPSA) is 96.0 Å². The van der Waals surface area contributed by atoms with E-state index >= 15 is 0 Å². The van der Waals surface area contributed by atoms with Gasteiger partial charge in [0.25, 0.3) is 0 Å². The number of anilines is 1. The van der Waals surface area contributed by atoms with Crippen LogP contribution in [0, 0.1) is 0 Å². The van der Waals surface area contributed by atoms with Crippen LogP contribution in [0.3, 0.4) is 0 Å². The van der Waals surface area contributed by atoms with Crippen molar-refractivity contribution < 1.29 is 22.7 Å². The van der Waals surface area contributed by atoms with Gasteiger partial charge in [-0.1, -0.05) is 49.9 Å². The SMILES string of the molecule is CCC(C(=O)NC1CCCCC1)N(Cc1ccc(OC)cc1)C(=O)CN(c1ccc(Cl)cc1)S(C)(=O)=O. The van der Waals surface area contributed by atoms with Crippen LogP contribution >= 0.6 is 11.6 Å². The summed E-state index contributed by atoms with van der Waals surface area (Å²) in [5.74, 6) is -0.00908. The Bertz CT molecular complexity index is 1150. The van der Waals surface area contributed by atoms with Crippen LogP contribution in [0.4, 0.5) is 5.69 Å². The molecule has 2 aromatic carbocycles. The van der Waals surface area contributed by atoms with E-state index in [1.54, 1.807) is 43.5 Å². The molecule has 1 unspecified atom stereocenters. The number of rotatable bonds is 11. The highest BCUT2D eigenvalue weighted by Gasteiger charge is 2.32. The van der Waals surface area contributed by atoms with Crippen molar-refractivity contribution in [2.45, 2.75) is 64.1 Å². The fourth-order valence-electron chi connectivity index (χ4n) is 4.61. The maximum absolute atomic E-state index is 13.8. The average molecular weight is 550 g/mol. The molecule has 3 rings (SSSR count). The lowest BCUT2D eigenvalue weighted by Gasteiger charge is -2.34. The monoisotopic (exact) mass is 549 g/mol. The van der Waals surface area contributed by atoms with Gasteiger partial charge < -0.3 is 15.0 Å². The molecule has 0 aromatic heterocycles. The predicted molar refractivity (Wildman–Crippen MR) is 146 cm³/mol. The number of methoxy groups -OCH3 is 1. The van der Waals surface area contributed by atoms with E-state index < -0.39 is 28.5 Å². The molecule has 2 aromatic rings. The van der Waals surface area contributed by atoms with Gasteiger partial charge in [0, 0.05) is 17.6 Å². The lowest BCUT2D eigenvalue weighted by Crippen LogP contribution is -2.53. The van der Waals surface area contributed by atoms with Gasteiger partial charge in [-0.2, -0.15) is 0 Å². The molecule has 1 aliphatic rings. The molecule has 1 fully saturated rings. The zero-order valence-electron chi connectivity index (χ0n) is 21.7. The van der Waals surface area contributed by atoms with E-state index in [1.807, 2.05) is 19.1 Å². The van der Waals surface area contributed by atoms with Gasteiger partial charge in [-0.15, -0.1) is 0 Å². The molecule has 0 bridgehead atoms. The van der Waals surface area contributed by atoms with Crippen molar-refractivity contribution in [3.63, 3.8) is 0 Å². The summed E-state index contributed by atoms with van der Waals surface area (Å²) in [6, 6.07) is 12.8. The van der Waals surface area contributed by atoms with Crippen LogP contribution in [0.2, 0.25) is 5.02 Å². The summed E-state index contributed by atoms with van der Waals surface area (Å²) in [6.45, 7) is 1.56. The van der Waals surface area contributed by atoms with E-state index in [1.165, 1.54) is 4.90 Å². The number of ether oxygens (including phenoxy) is 1. The zero-order valence-corrected chi connectivity index (χ0v) is 23.2. The van der Waals surface area contributed by atoms with Crippen molar-refractivity contribution in [3.05, 3.63) is 59.1 Å². The standard InChI is InChI=1S/C27H36ClN3O5S/c1-4-25(27(33)29-22-8-6-5-7-9-22)30(18-20-10-16-24(36-2)17-11-20)26(32)19-31(37(3,34)35)23-14-12-21(28)13-15-23/h10-17,22,25H,4-9,18-19H2,1-3H3,(H,29,33). The molecule has 8 nitrogen and oxygen atoms in total. The van der Waals surface area contributed by atoms with Gasteiger partial charge in [0.05, 0.1) is 19.1 Å². The number of carbonyl (C=O) groups excluding carboxylic acids is 2. The largest absolute Gasteiger partial charge is 0.497 e. The van der Waals surface area contributed by atoms with Gasteiger partial charge in [0.15, 0.2) is 0 Å². The normalized spacial score (nSPS) is 15.0. The maximum atomic E-state index is 13.8. The Labute approximate surface area is 225 Å². The van der Waals surface area contributed by atoms with Gasteiger partial charge in [-0.05, 0) is 61.2 Å². The Morgan fingerprint density at radius 3 is 2.22 bits per heavy atom. The fourth-order valence-corrected chi connectivity index (χ4v) is 5.59. The first-order valence-electron chi connectivity index (χ1n) is 12.6. The van der Waals surface area contributed by atoms with E-state index in [4.69, 9.17) is 16.3 Å². The van der Waals surface area contributed by atoms with Crippen molar-refractivity contribution in [1.29, 1.82) is 0 Å². The molecular weight excluding hydrogens is 514 g/mol. The minimum absolute atomic E-state index is 0.0924. The second kappa shape index (κ2) is 13.1. The molecular formula is C27H36ClN3O5S. The summed E-state index contributed by atoms with van der Waals surface area (Å²) in [7, 11) is -2.22. The number of sulfonamides is 1. The summed E-state index contributed by atoms with van der Waals surface area (Å²) in [4.78, 5) is 28.6. The van der Waals surface area contributed by atoms with Gasteiger partial charge in [-0.3, -0.25) is 13.9 Å².